The summed E-state index contributed by atoms with van der Waals surface area (Å²) >= 11 is 7.45. The van der Waals surface area contributed by atoms with Gasteiger partial charge in [-0.2, -0.15) is 0 Å². The number of carbonyl (C=O) groups excluding carboxylic acids is 1. The second kappa shape index (κ2) is 6.63. The van der Waals surface area contributed by atoms with Gasteiger partial charge in [0.15, 0.2) is 0 Å². The van der Waals surface area contributed by atoms with E-state index in [1.807, 2.05) is 12.1 Å². The molecule has 4 nitrogen and oxygen atoms in total. The zero-order valence-electron chi connectivity index (χ0n) is 11.0. The highest BCUT2D eigenvalue weighted by Crippen LogP contribution is 2.23. The number of rotatable bonds is 5. The third-order valence-corrected chi connectivity index (χ3v) is 4.08. The van der Waals surface area contributed by atoms with Crippen molar-refractivity contribution in [2.24, 2.45) is 0 Å². The fourth-order valence-electron chi connectivity index (χ4n) is 1.78. The van der Waals surface area contributed by atoms with Gasteiger partial charge in [0.25, 0.3) is 0 Å². The molecule has 6 heteroatoms. The van der Waals surface area contributed by atoms with Gasteiger partial charge in [0.05, 0.1) is 28.4 Å². The van der Waals surface area contributed by atoms with Crippen molar-refractivity contribution in [3.8, 4) is 0 Å². The molecule has 0 saturated heterocycles. The highest BCUT2D eigenvalue weighted by Gasteiger charge is 2.08. The van der Waals surface area contributed by atoms with Gasteiger partial charge in [0.1, 0.15) is 0 Å². The molecule has 0 spiro atoms. The molecule has 1 heterocycles. The lowest BCUT2D eigenvalue weighted by Gasteiger charge is -2.10. The molecular weight excluding hydrogens is 296 g/mol. The molecule has 20 heavy (non-hydrogen) atoms. The topological polar surface area (TPSA) is 64.3 Å². The molecule has 0 aliphatic carbocycles. The van der Waals surface area contributed by atoms with Gasteiger partial charge < -0.3 is 15.8 Å². The Labute approximate surface area is 126 Å². The number of nitrogen functional groups attached to an aromatic ring is 1. The van der Waals surface area contributed by atoms with Gasteiger partial charge in [0.2, 0.25) is 0 Å². The number of ether oxygens (including phenoxy) is 1. The first-order valence-electron chi connectivity index (χ1n) is 6.06. The minimum absolute atomic E-state index is 0.392. The van der Waals surface area contributed by atoms with Crippen LogP contribution in [0.5, 0.6) is 0 Å². The van der Waals surface area contributed by atoms with E-state index in [0.29, 0.717) is 11.3 Å². The van der Waals surface area contributed by atoms with Crippen molar-refractivity contribution in [1.82, 2.24) is 0 Å². The number of carbonyl (C=O) groups is 1. The molecule has 2 rings (SSSR count). The van der Waals surface area contributed by atoms with E-state index < -0.39 is 5.97 Å². The van der Waals surface area contributed by atoms with E-state index in [1.165, 1.54) is 12.0 Å². The molecular formula is C14H15ClN2O2S. The Morgan fingerprint density at radius 2 is 2.20 bits per heavy atom. The molecule has 0 bridgehead atoms. The average Bonchev–Trinajstić information content (AvgIpc) is 2.85. The highest BCUT2D eigenvalue weighted by molar-refractivity contribution is 7.16. The van der Waals surface area contributed by atoms with E-state index in [2.05, 4.69) is 10.1 Å². The van der Waals surface area contributed by atoms with E-state index >= 15 is 0 Å². The number of benzene rings is 1. The van der Waals surface area contributed by atoms with Crippen LogP contribution in [0.1, 0.15) is 15.2 Å². The molecule has 0 atom stereocenters. The van der Waals surface area contributed by atoms with Crippen molar-refractivity contribution in [2.75, 3.05) is 24.7 Å². The van der Waals surface area contributed by atoms with Crippen LogP contribution in [0.4, 0.5) is 11.4 Å². The maximum Gasteiger partial charge on any atom is 0.337 e. The van der Waals surface area contributed by atoms with Crippen LogP contribution < -0.4 is 11.1 Å². The molecule has 0 aliphatic heterocycles. The summed E-state index contributed by atoms with van der Waals surface area (Å²) in [6, 6.07) is 8.98. The van der Waals surface area contributed by atoms with Gasteiger partial charge in [-0.1, -0.05) is 11.6 Å². The van der Waals surface area contributed by atoms with Crippen molar-refractivity contribution in [2.45, 2.75) is 6.42 Å². The molecule has 0 fully saturated rings. The number of esters is 1. The summed E-state index contributed by atoms with van der Waals surface area (Å²) in [5.41, 5.74) is 7.68. The minimum atomic E-state index is -0.392. The highest BCUT2D eigenvalue weighted by atomic mass is 35.5. The van der Waals surface area contributed by atoms with Crippen LogP contribution in [0.3, 0.4) is 0 Å². The first-order valence-corrected chi connectivity index (χ1v) is 7.25. The SMILES string of the molecule is COC(=O)c1ccc(NCCc2ccc(Cl)s2)c(N)c1. The number of anilines is 2. The number of halogens is 1. The second-order valence-electron chi connectivity index (χ2n) is 4.18. The molecule has 0 amide bonds. The lowest BCUT2D eigenvalue weighted by molar-refractivity contribution is 0.0601. The number of methoxy groups -OCH3 is 1. The predicted molar refractivity (Wildman–Crippen MR) is 83.7 cm³/mol. The van der Waals surface area contributed by atoms with Crippen molar-refractivity contribution < 1.29 is 9.53 Å². The van der Waals surface area contributed by atoms with Gasteiger partial charge >= 0.3 is 5.97 Å². The van der Waals surface area contributed by atoms with Crippen molar-refractivity contribution in [1.29, 1.82) is 0 Å². The standard InChI is InChI=1S/C14H15ClN2O2S/c1-19-14(18)9-2-4-12(11(16)8-9)17-7-6-10-3-5-13(15)20-10/h2-5,8,17H,6-7,16H2,1H3. The van der Waals surface area contributed by atoms with E-state index in [4.69, 9.17) is 17.3 Å². The molecule has 0 unspecified atom stereocenters. The van der Waals surface area contributed by atoms with Crippen LogP contribution in [-0.4, -0.2) is 19.6 Å². The second-order valence-corrected chi connectivity index (χ2v) is 5.98. The molecule has 106 valence electrons. The summed E-state index contributed by atoms with van der Waals surface area (Å²) in [7, 11) is 1.34. The lowest BCUT2D eigenvalue weighted by atomic mass is 10.1. The normalized spacial score (nSPS) is 10.3. The fraction of sp³-hybridized carbons (Fsp3) is 0.214. The summed E-state index contributed by atoms with van der Waals surface area (Å²) in [5, 5.41) is 3.24. The van der Waals surface area contributed by atoms with Gasteiger partial charge in [-0.05, 0) is 36.8 Å². The van der Waals surface area contributed by atoms with Gasteiger partial charge in [-0.15, -0.1) is 11.3 Å². The number of hydrogen-bond acceptors (Lipinski definition) is 5. The van der Waals surface area contributed by atoms with Gasteiger partial charge in [0, 0.05) is 11.4 Å². The zero-order chi connectivity index (χ0) is 14.5. The first kappa shape index (κ1) is 14.7. The lowest BCUT2D eigenvalue weighted by Crippen LogP contribution is -2.08. The Kier molecular flexibility index (Phi) is 4.87. The molecule has 0 radical (unpaired) electrons. The fourth-order valence-corrected chi connectivity index (χ4v) is 2.86. The number of nitrogens with two attached hydrogens (primary N) is 1. The Morgan fingerprint density at radius 1 is 1.40 bits per heavy atom. The van der Waals surface area contributed by atoms with E-state index in [1.54, 1.807) is 29.5 Å². The average molecular weight is 311 g/mol. The zero-order valence-corrected chi connectivity index (χ0v) is 12.6. The summed E-state index contributed by atoms with van der Waals surface area (Å²) in [4.78, 5) is 12.6. The molecule has 0 aliphatic rings. The Balaban J connectivity index is 1.94. The maximum absolute atomic E-state index is 11.4. The Hall–Kier alpha value is -1.72. The van der Waals surface area contributed by atoms with Crippen molar-refractivity contribution in [3.63, 3.8) is 0 Å². The Bertz CT molecular complexity index is 613. The van der Waals surface area contributed by atoms with Crippen molar-refractivity contribution >= 4 is 40.3 Å². The van der Waals surface area contributed by atoms with Crippen LogP contribution >= 0.6 is 22.9 Å². The number of thiophene rings is 1. The smallest absolute Gasteiger partial charge is 0.337 e. The van der Waals surface area contributed by atoms with E-state index in [-0.39, 0.29) is 0 Å². The molecule has 3 N–H and O–H groups in total. The van der Waals surface area contributed by atoms with Crippen LogP contribution in [0, 0.1) is 0 Å². The molecule has 2 aromatic rings. The largest absolute Gasteiger partial charge is 0.465 e. The summed E-state index contributed by atoms with van der Waals surface area (Å²) in [6.07, 6.45) is 0.871. The van der Waals surface area contributed by atoms with Gasteiger partial charge in [-0.25, -0.2) is 4.79 Å². The third kappa shape index (κ3) is 3.65. The van der Waals surface area contributed by atoms with Crippen LogP contribution in [0.25, 0.3) is 0 Å². The number of hydrogen-bond donors (Lipinski definition) is 2. The van der Waals surface area contributed by atoms with E-state index in [0.717, 1.165) is 23.0 Å². The maximum atomic E-state index is 11.4. The number of nitrogens with one attached hydrogen (secondary N) is 1. The van der Waals surface area contributed by atoms with E-state index in [9.17, 15) is 4.79 Å². The predicted octanol–water partition coefficient (Wildman–Crippen LogP) is 3.42. The molecule has 1 aromatic heterocycles. The monoisotopic (exact) mass is 310 g/mol. The van der Waals surface area contributed by atoms with Crippen LogP contribution in [-0.2, 0) is 11.2 Å². The quantitative estimate of drug-likeness (QED) is 0.656. The van der Waals surface area contributed by atoms with Crippen molar-refractivity contribution in [3.05, 3.63) is 45.1 Å². The molecule has 0 saturated carbocycles. The van der Waals surface area contributed by atoms with Crippen LogP contribution in [0.2, 0.25) is 4.34 Å². The van der Waals surface area contributed by atoms with Gasteiger partial charge in [-0.3, -0.25) is 0 Å². The molecule has 1 aromatic carbocycles. The Morgan fingerprint density at radius 3 is 2.80 bits per heavy atom. The van der Waals surface area contributed by atoms with Crippen LogP contribution in [0.15, 0.2) is 30.3 Å². The summed E-state index contributed by atoms with van der Waals surface area (Å²) in [6.45, 7) is 0.749. The minimum Gasteiger partial charge on any atom is -0.465 e. The summed E-state index contributed by atoms with van der Waals surface area (Å²) < 4.78 is 5.44. The summed E-state index contributed by atoms with van der Waals surface area (Å²) in [5.74, 6) is -0.392. The third-order valence-electron chi connectivity index (χ3n) is 2.79. The first-order chi connectivity index (χ1) is 9.60.